The van der Waals surface area contributed by atoms with Crippen molar-refractivity contribution in [2.24, 2.45) is 5.92 Å². The van der Waals surface area contributed by atoms with Crippen LogP contribution in [0.2, 0.25) is 0 Å². The van der Waals surface area contributed by atoms with Gasteiger partial charge in [0.25, 0.3) is 0 Å². The number of aliphatic carboxylic acids is 1. The highest BCUT2D eigenvalue weighted by atomic mass is 16.5. The van der Waals surface area contributed by atoms with Gasteiger partial charge in [-0.3, -0.25) is 4.79 Å². The molecule has 0 aromatic heterocycles. The lowest BCUT2D eigenvalue weighted by molar-refractivity contribution is -0.150. The lowest BCUT2D eigenvalue weighted by Crippen LogP contribution is -2.56. The number of carbonyl (C=O) groups is 2. The number of carboxylic acid groups (broad SMARTS) is 1. The van der Waals surface area contributed by atoms with Gasteiger partial charge in [-0.1, -0.05) is 13.3 Å². The van der Waals surface area contributed by atoms with E-state index in [4.69, 9.17) is 9.47 Å². The van der Waals surface area contributed by atoms with E-state index in [9.17, 15) is 14.7 Å². The van der Waals surface area contributed by atoms with Crippen molar-refractivity contribution in [3.8, 4) is 0 Å². The predicted octanol–water partition coefficient (Wildman–Crippen LogP) is 2.11. The van der Waals surface area contributed by atoms with Crippen LogP contribution >= 0.6 is 0 Å². The summed E-state index contributed by atoms with van der Waals surface area (Å²) in [4.78, 5) is 23.7. The molecule has 1 heterocycles. The summed E-state index contributed by atoms with van der Waals surface area (Å²) >= 11 is 0. The van der Waals surface area contributed by atoms with Gasteiger partial charge in [-0.05, 0) is 44.4 Å². The minimum Gasteiger partial charge on any atom is -0.480 e. The van der Waals surface area contributed by atoms with Crippen LogP contribution in [-0.2, 0) is 19.1 Å². The molecule has 2 fully saturated rings. The maximum atomic E-state index is 12.1. The van der Waals surface area contributed by atoms with E-state index in [1.54, 1.807) is 0 Å². The molecular formula is C17H29NO5. The first-order valence-corrected chi connectivity index (χ1v) is 8.79. The summed E-state index contributed by atoms with van der Waals surface area (Å²) in [6, 6.07) is 0. The van der Waals surface area contributed by atoms with E-state index in [2.05, 4.69) is 12.2 Å². The van der Waals surface area contributed by atoms with E-state index in [1.807, 2.05) is 0 Å². The first kappa shape index (κ1) is 18.2. The second kappa shape index (κ2) is 8.64. The maximum absolute atomic E-state index is 12.1. The Labute approximate surface area is 137 Å². The van der Waals surface area contributed by atoms with Crippen LogP contribution in [-0.4, -0.2) is 48.4 Å². The van der Waals surface area contributed by atoms with E-state index in [0.29, 0.717) is 32.0 Å². The van der Waals surface area contributed by atoms with Crippen LogP contribution in [0.5, 0.6) is 0 Å². The summed E-state index contributed by atoms with van der Waals surface area (Å²) in [5, 5.41) is 12.3. The number of hydrogen-bond acceptors (Lipinski definition) is 4. The van der Waals surface area contributed by atoms with Gasteiger partial charge in [0, 0.05) is 13.0 Å². The summed E-state index contributed by atoms with van der Waals surface area (Å²) in [5.74, 6) is -0.579. The molecule has 1 amide bonds. The average Bonchev–Trinajstić information content (AvgIpc) is 3.05. The number of ether oxygens (including phenoxy) is 2. The maximum Gasteiger partial charge on any atom is 0.329 e. The molecule has 1 aliphatic carbocycles. The van der Waals surface area contributed by atoms with Crippen molar-refractivity contribution >= 4 is 11.9 Å². The van der Waals surface area contributed by atoms with Gasteiger partial charge in [0.1, 0.15) is 5.54 Å². The molecule has 0 radical (unpaired) electrons. The highest BCUT2D eigenvalue weighted by Gasteiger charge is 2.42. The molecule has 1 saturated heterocycles. The third kappa shape index (κ3) is 5.18. The second-order valence-corrected chi connectivity index (χ2v) is 6.75. The number of nitrogens with one attached hydrogen (secondary N) is 1. The quantitative estimate of drug-likeness (QED) is 0.667. The largest absolute Gasteiger partial charge is 0.480 e. The highest BCUT2D eigenvalue weighted by molar-refractivity contribution is 5.87. The van der Waals surface area contributed by atoms with Gasteiger partial charge in [-0.15, -0.1) is 0 Å². The van der Waals surface area contributed by atoms with Crippen molar-refractivity contribution in [3.63, 3.8) is 0 Å². The van der Waals surface area contributed by atoms with Crippen molar-refractivity contribution in [1.82, 2.24) is 5.32 Å². The molecule has 2 rings (SSSR count). The molecule has 0 aromatic carbocycles. The van der Waals surface area contributed by atoms with Gasteiger partial charge >= 0.3 is 5.97 Å². The van der Waals surface area contributed by atoms with Crippen LogP contribution in [0.1, 0.15) is 58.3 Å². The van der Waals surface area contributed by atoms with Crippen molar-refractivity contribution in [2.45, 2.75) is 69.9 Å². The molecule has 0 spiro atoms. The summed E-state index contributed by atoms with van der Waals surface area (Å²) < 4.78 is 10.9. The number of rotatable bonds is 8. The van der Waals surface area contributed by atoms with Gasteiger partial charge in [0.15, 0.2) is 0 Å². The van der Waals surface area contributed by atoms with Crippen LogP contribution in [0.4, 0.5) is 0 Å². The van der Waals surface area contributed by atoms with Gasteiger partial charge in [-0.2, -0.15) is 0 Å². The van der Waals surface area contributed by atoms with Crippen LogP contribution in [0.15, 0.2) is 0 Å². The van der Waals surface area contributed by atoms with Crippen LogP contribution in [0.25, 0.3) is 0 Å². The number of amides is 1. The SMILES string of the molecule is CCC1CCC(NC(=O)CCOCC2CCCO2)(C(=O)O)CC1. The minimum atomic E-state index is -1.09. The fraction of sp³-hybridized carbons (Fsp3) is 0.882. The minimum absolute atomic E-state index is 0.146. The fourth-order valence-electron chi connectivity index (χ4n) is 3.46. The van der Waals surface area contributed by atoms with Gasteiger partial charge in [0.2, 0.25) is 5.91 Å². The standard InChI is InChI=1S/C17H29NO5/c1-2-13-5-8-17(9-6-13,16(20)21)18-15(19)7-11-22-12-14-4-3-10-23-14/h13-14H,2-12H2,1H3,(H,18,19)(H,20,21). The topological polar surface area (TPSA) is 84.9 Å². The Morgan fingerprint density at radius 3 is 2.61 bits per heavy atom. The second-order valence-electron chi connectivity index (χ2n) is 6.75. The molecule has 23 heavy (non-hydrogen) atoms. The van der Waals surface area contributed by atoms with Gasteiger partial charge in [-0.25, -0.2) is 4.79 Å². The third-order valence-electron chi connectivity index (χ3n) is 5.13. The summed E-state index contributed by atoms with van der Waals surface area (Å²) in [5.41, 5.74) is -1.09. The smallest absolute Gasteiger partial charge is 0.329 e. The molecule has 1 aliphatic heterocycles. The molecule has 6 nitrogen and oxygen atoms in total. The van der Waals surface area contributed by atoms with Crippen LogP contribution < -0.4 is 5.32 Å². The molecule has 1 unspecified atom stereocenters. The Hall–Kier alpha value is -1.14. The Morgan fingerprint density at radius 1 is 1.30 bits per heavy atom. The molecule has 6 heteroatoms. The zero-order valence-electron chi connectivity index (χ0n) is 14.0. The molecular weight excluding hydrogens is 298 g/mol. The lowest BCUT2D eigenvalue weighted by atomic mass is 9.75. The van der Waals surface area contributed by atoms with E-state index in [1.165, 1.54) is 0 Å². The van der Waals surface area contributed by atoms with Crippen molar-refractivity contribution < 1.29 is 24.2 Å². The Bertz CT molecular complexity index is 398. The zero-order chi connectivity index (χ0) is 16.7. The monoisotopic (exact) mass is 327 g/mol. The summed E-state index contributed by atoms with van der Waals surface area (Å²) in [7, 11) is 0. The first-order chi connectivity index (χ1) is 11.1. The van der Waals surface area contributed by atoms with E-state index >= 15 is 0 Å². The Morgan fingerprint density at radius 2 is 2.04 bits per heavy atom. The van der Waals surface area contributed by atoms with E-state index < -0.39 is 11.5 Å². The average molecular weight is 327 g/mol. The van der Waals surface area contributed by atoms with Gasteiger partial charge in [0.05, 0.1) is 19.3 Å². The third-order valence-corrected chi connectivity index (χ3v) is 5.13. The summed E-state index contributed by atoms with van der Waals surface area (Å²) in [6.07, 6.45) is 6.23. The van der Waals surface area contributed by atoms with Crippen molar-refractivity contribution in [3.05, 3.63) is 0 Å². The molecule has 0 aromatic rings. The highest BCUT2D eigenvalue weighted by Crippen LogP contribution is 2.34. The predicted molar refractivity (Wildman–Crippen MR) is 85.2 cm³/mol. The zero-order valence-corrected chi connectivity index (χ0v) is 14.0. The van der Waals surface area contributed by atoms with Crippen molar-refractivity contribution in [2.75, 3.05) is 19.8 Å². The first-order valence-electron chi connectivity index (χ1n) is 8.79. The summed E-state index contributed by atoms with van der Waals surface area (Å²) in [6.45, 7) is 3.73. The Balaban J connectivity index is 1.71. The molecule has 2 N–H and O–H groups in total. The Kier molecular flexibility index (Phi) is 6.84. The number of carbonyl (C=O) groups excluding carboxylic acids is 1. The van der Waals surface area contributed by atoms with E-state index in [-0.39, 0.29) is 18.4 Å². The number of carboxylic acids is 1. The normalized spacial score (nSPS) is 31.0. The molecule has 2 aliphatic rings. The number of hydrogen-bond donors (Lipinski definition) is 2. The van der Waals surface area contributed by atoms with E-state index in [0.717, 1.165) is 38.7 Å². The molecule has 1 atom stereocenters. The van der Waals surface area contributed by atoms with Crippen LogP contribution in [0.3, 0.4) is 0 Å². The lowest BCUT2D eigenvalue weighted by Gasteiger charge is -2.37. The van der Waals surface area contributed by atoms with Crippen molar-refractivity contribution in [1.29, 1.82) is 0 Å². The molecule has 1 saturated carbocycles. The fourth-order valence-corrected chi connectivity index (χ4v) is 3.46. The molecule has 132 valence electrons. The van der Waals surface area contributed by atoms with Crippen LogP contribution in [0, 0.1) is 5.92 Å². The molecule has 0 bridgehead atoms. The van der Waals surface area contributed by atoms with Gasteiger partial charge < -0.3 is 19.9 Å².